The molecule has 0 saturated carbocycles. The summed E-state index contributed by atoms with van der Waals surface area (Å²) in [5, 5.41) is 2.83. The number of para-hydroxylation sites is 1. The van der Waals surface area contributed by atoms with Crippen molar-refractivity contribution in [3.8, 4) is 5.75 Å². The molecule has 0 aliphatic heterocycles. The van der Waals surface area contributed by atoms with Crippen LogP contribution >= 0.6 is 0 Å². The highest BCUT2D eigenvalue weighted by Crippen LogP contribution is 2.21. The SMILES string of the molecule is Cc1c(N)cccc1NC(=O)[C@@H](C)Oc1ccccc1. The lowest BCUT2D eigenvalue weighted by Gasteiger charge is -2.16. The van der Waals surface area contributed by atoms with Crippen LogP contribution < -0.4 is 15.8 Å². The maximum absolute atomic E-state index is 12.1. The molecule has 1 amide bonds. The Bertz CT molecular complexity index is 597. The van der Waals surface area contributed by atoms with Crippen LogP contribution in [-0.2, 0) is 4.79 Å². The molecule has 2 rings (SSSR count). The topological polar surface area (TPSA) is 64.3 Å². The molecule has 2 aromatic carbocycles. The number of hydrogen-bond donors (Lipinski definition) is 2. The smallest absolute Gasteiger partial charge is 0.265 e. The Labute approximate surface area is 118 Å². The molecule has 0 aliphatic rings. The number of nitrogen functional groups attached to an aromatic ring is 1. The van der Waals surface area contributed by atoms with E-state index in [9.17, 15) is 4.79 Å². The first-order valence-corrected chi connectivity index (χ1v) is 6.45. The predicted octanol–water partition coefficient (Wildman–Crippen LogP) is 2.98. The quantitative estimate of drug-likeness (QED) is 0.839. The van der Waals surface area contributed by atoms with Crippen molar-refractivity contribution >= 4 is 17.3 Å². The summed E-state index contributed by atoms with van der Waals surface area (Å²) in [7, 11) is 0. The van der Waals surface area contributed by atoms with Crippen LogP contribution in [0, 0.1) is 6.92 Å². The van der Waals surface area contributed by atoms with Gasteiger partial charge in [-0.05, 0) is 43.7 Å². The van der Waals surface area contributed by atoms with Crippen molar-refractivity contribution in [2.24, 2.45) is 0 Å². The average Bonchev–Trinajstić information content (AvgIpc) is 2.45. The zero-order chi connectivity index (χ0) is 14.5. The Morgan fingerprint density at radius 2 is 1.85 bits per heavy atom. The third kappa shape index (κ3) is 3.29. The molecule has 104 valence electrons. The van der Waals surface area contributed by atoms with E-state index in [1.807, 2.05) is 43.3 Å². The molecule has 3 N–H and O–H groups in total. The van der Waals surface area contributed by atoms with Crippen LogP contribution in [0.15, 0.2) is 48.5 Å². The van der Waals surface area contributed by atoms with Gasteiger partial charge in [-0.25, -0.2) is 0 Å². The summed E-state index contributed by atoms with van der Waals surface area (Å²) in [6, 6.07) is 14.7. The van der Waals surface area contributed by atoms with Crippen molar-refractivity contribution in [2.45, 2.75) is 20.0 Å². The van der Waals surface area contributed by atoms with Crippen LogP contribution in [0.2, 0.25) is 0 Å². The maximum atomic E-state index is 12.1. The fourth-order valence-corrected chi connectivity index (χ4v) is 1.78. The second kappa shape index (κ2) is 6.10. The van der Waals surface area contributed by atoms with Crippen LogP contribution in [-0.4, -0.2) is 12.0 Å². The highest BCUT2D eigenvalue weighted by atomic mass is 16.5. The van der Waals surface area contributed by atoms with Crippen LogP contribution in [0.4, 0.5) is 11.4 Å². The van der Waals surface area contributed by atoms with E-state index < -0.39 is 6.10 Å². The first kappa shape index (κ1) is 13.9. The summed E-state index contributed by atoms with van der Waals surface area (Å²) < 4.78 is 5.58. The van der Waals surface area contributed by atoms with Gasteiger partial charge in [-0.15, -0.1) is 0 Å². The number of carbonyl (C=O) groups is 1. The molecule has 0 spiro atoms. The highest BCUT2D eigenvalue weighted by Gasteiger charge is 2.15. The minimum Gasteiger partial charge on any atom is -0.481 e. The minimum atomic E-state index is -0.585. The molecule has 1 atom stereocenters. The fraction of sp³-hybridized carbons (Fsp3) is 0.188. The maximum Gasteiger partial charge on any atom is 0.265 e. The Morgan fingerprint density at radius 3 is 2.55 bits per heavy atom. The summed E-state index contributed by atoms with van der Waals surface area (Å²) in [5.41, 5.74) is 8.03. The van der Waals surface area contributed by atoms with Gasteiger partial charge in [-0.1, -0.05) is 24.3 Å². The third-order valence-corrected chi connectivity index (χ3v) is 3.06. The molecule has 4 nitrogen and oxygen atoms in total. The zero-order valence-corrected chi connectivity index (χ0v) is 11.6. The number of ether oxygens (including phenoxy) is 1. The average molecular weight is 270 g/mol. The van der Waals surface area contributed by atoms with Gasteiger partial charge in [0.05, 0.1) is 0 Å². The summed E-state index contributed by atoms with van der Waals surface area (Å²) in [6.45, 7) is 3.58. The second-order valence-electron chi connectivity index (χ2n) is 4.58. The monoisotopic (exact) mass is 270 g/mol. The molecule has 2 aromatic rings. The normalized spacial score (nSPS) is 11.7. The lowest BCUT2D eigenvalue weighted by Crippen LogP contribution is -2.30. The van der Waals surface area contributed by atoms with Gasteiger partial charge >= 0.3 is 0 Å². The summed E-state index contributed by atoms with van der Waals surface area (Å²) in [4.78, 5) is 12.1. The van der Waals surface area contributed by atoms with Crippen molar-refractivity contribution in [1.82, 2.24) is 0 Å². The molecule has 0 aliphatic carbocycles. The molecule has 0 unspecified atom stereocenters. The largest absolute Gasteiger partial charge is 0.481 e. The van der Waals surface area contributed by atoms with Gasteiger partial charge in [-0.3, -0.25) is 4.79 Å². The molecule has 0 fully saturated rings. The van der Waals surface area contributed by atoms with Crippen LogP contribution in [0.3, 0.4) is 0 Å². The van der Waals surface area contributed by atoms with Crippen LogP contribution in [0.1, 0.15) is 12.5 Å². The van der Waals surface area contributed by atoms with Crippen molar-refractivity contribution in [3.63, 3.8) is 0 Å². The Hall–Kier alpha value is -2.49. The van der Waals surface area contributed by atoms with E-state index in [0.717, 1.165) is 5.56 Å². The third-order valence-electron chi connectivity index (χ3n) is 3.06. The number of nitrogens with one attached hydrogen (secondary N) is 1. The van der Waals surface area contributed by atoms with Gasteiger partial charge < -0.3 is 15.8 Å². The van der Waals surface area contributed by atoms with E-state index >= 15 is 0 Å². The Morgan fingerprint density at radius 1 is 1.15 bits per heavy atom. The number of carbonyl (C=O) groups excluding carboxylic acids is 1. The molecule has 0 saturated heterocycles. The van der Waals surface area contributed by atoms with E-state index in [4.69, 9.17) is 10.5 Å². The van der Waals surface area contributed by atoms with Crippen LogP contribution in [0.5, 0.6) is 5.75 Å². The highest BCUT2D eigenvalue weighted by molar-refractivity contribution is 5.95. The molecule has 20 heavy (non-hydrogen) atoms. The number of rotatable bonds is 4. The van der Waals surface area contributed by atoms with Crippen molar-refractivity contribution in [3.05, 3.63) is 54.1 Å². The number of anilines is 2. The minimum absolute atomic E-state index is 0.206. The van der Waals surface area contributed by atoms with Crippen molar-refractivity contribution in [2.75, 3.05) is 11.1 Å². The van der Waals surface area contributed by atoms with Gasteiger partial charge in [0.2, 0.25) is 0 Å². The Kier molecular flexibility index (Phi) is 4.25. The zero-order valence-electron chi connectivity index (χ0n) is 11.6. The second-order valence-corrected chi connectivity index (χ2v) is 4.58. The first-order chi connectivity index (χ1) is 9.58. The lowest BCUT2D eigenvalue weighted by molar-refractivity contribution is -0.122. The van der Waals surface area contributed by atoms with E-state index in [0.29, 0.717) is 17.1 Å². The van der Waals surface area contributed by atoms with Crippen molar-refractivity contribution in [1.29, 1.82) is 0 Å². The molecular weight excluding hydrogens is 252 g/mol. The number of nitrogens with two attached hydrogens (primary N) is 1. The summed E-state index contributed by atoms with van der Waals surface area (Å²) in [6.07, 6.45) is -0.585. The predicted molar refractivity (Wildman–Crippen MR) is 80.8 cm³/mol. The van der Waals surface area contributed by atoms with E-state index in [1.165, 1.54) is 0 Å². The number of amides is 1. The summed E-state index contributed by atoms with van der Waals surface area (Å²) in [5.74, 6) is 0.460. The Balaban J connectivity index is 2.03. The van der Waals surface area contributed by atoms with E-state index in [-0.39, 0.29) is 5.91 Å². The number of benzene rings is 2. The standard InChI is InChI=1S/C16H18N2O2/c1-11-14(17)9-6-10-15(11)18-16(19)12(2)20-13-7-4-3-5-8-13/h3-10,12H,17H2,1-2H3,(H,18,19)/t12-/m1/s1. The summed E-state index contributed by atoms with van der Waals surface area (Å²) >= 11 is 0. The van der Waals surface area contributed by atoms with Gasteiger partial charge in [0.25, 0.3) is 5.91 Å². The van der Waals surface area contributed by atoms with Gasteiger partial charge in [0, 0.05) is 11.4 Å². The van der Waals surface area contributed by atoms with E-state index in [1.54, 1.807) is 19.1 Å². The molecular formula is C16H18N2O2. The molecule has 0 bridgehead atoms. The lowest BCUT2D eigenvalue weighted by atomic mass is 10.1. The number of hydrogen-bond acceptors (Lipinski definition) is 3. The van der Waals surface area contributed by atoms with Gasteiger partial charge in [0.15, 0.2) is 6.10 Å². The van der Waals surface area contributed by atoms with Gasteiger partial charge in [-0.2, -0.15) is 0 Å². The molecule has 4 heteroatoms. The van der Waals surface area contributed by atoms with Crippen molar-refractivity contribution < 1.29 is 9.53 Å². The van der Waals surface area contributed by atoms with E-state index in [2.05, 4.69) is 5.32 Å². The molecule has 0 aromatic heterocycles. The van der Waals surface area contributed by atoms with Crippen LogP contribution in [0.25, 0.3) is 0 Å². The first-order valence-electron chi connectivity index (χ1n) is 6.45. The fourth-order valence-electron chi connectivity index (χ4n) is 1.78. The molecule has 0 heterocycles. The van der Waals surface area contributed by atoms with Gasteiger partial charge in [0.1, 0.15) is 5.75 Å². The molecule has 0 radical (unpaired) electrons.